The summed E-state index contributed by atoms with van der Waals surface area (Å²) in [5.74, 6) is -1.74. The number of allylic oxidation sites excluding steroid dienone is 1. The zero-order chi connectivity index (χ0) is 12.4. The number of carbonyl (C=O) groups is 2. The maximum absolute atomic E-state index is 11.8. The monoisotopic (exact) mass is 254 g/mol. The number of carbonyl (C=O) groups excluding carboxylic acids is 1. The van der Waals surface area contributed by atoms with E-state index in [9.17, 15) is 9.59 Å². The van der Waals surface area contributed by atoms with Crippen LogP contribution in [0.4, 0.5) is 0 Å². The van der Waals surface area contributed by atoms with Crippen molar-refractivity contribution in [3.05, 3.63) is 47.8 Å². The standard InChI is InChI=1S/C12H10N2O3.Na.H/c13-9(12(16)17)5-11(15)8-6-14-10-4-2-1-3-7(8)10;;/h1-6,14H,13H2,(H,16,17);;. The van der Waals surface area contributed by atoms with E-state index in [2.05, 4.69) is 4.98 Å². The maximum atomic E-state index is 11.8. The van der Waals surface area contributed by atoms with Gasteiger partial charge in [0.2, 0.25) is 0 Å². The van der Waals surface area contributed by atoms with E-state index in [1.807, 2.05) is 12.1 Å². The van der Waals surface area contributed by atoms with Crippen molar-refractivity contribution >= 4 is 52.2 Å². The van der Waals surface area contributed by atoms with E-state index in [1.54, 1.807) is 18.3 Å². The Bertz CT molecular complexity index is 631. The molecule has 0 spiro atoms. The first-order valence-corrected chi connectivity index (χ1v) is 4.90. The molecular weight excluding hydrogens is 243 g/mol. The molecule has 0 radical (unpaired) electrons. The number of aromatic nitrogens is 1. The van der Waals surface area contributed by atoms with Gasteiger partial charge in [0.15, 0.2) is 5.78 Å². The average molecular weight is 254 g/mol. The molecule has 0 saturated heterocycles. The summed E-state index contributed by atoms with van der Waals surface area (Å²) in [7, 11) is 0. The first-order valence-electron chi connectivity index (χ1n) is 4.90. The van der Waals surface area contributed by atoms with Gasteiger partial charge in [0, 0.05) is 28.7 Å². The van der Waals surface area contributed by atoms with E-state index >= 15 is 0 Å². The van der Waals surface area contributed by atoms with Gasteiger partial charge in [-0.05, 0) is 6.07 Å². The third kappa shape index (κ3) is 2.81. The molecule has 0 aliphatic rings. The number of para-hydroxylation sites is 1. The van der Waals surface area contributed by atoms with E-state index in [0.717, 1.165) is 17.0 Å². The molecule has 0 aliphatic carbocycles. The number of aromatic amines is 1. The molecule has 1 aromatic carbocycles. The van der Waals surface area contributed by atoms with E-state index in [4.69, 9.17) is 10.8 Å². The van der Waals surface area contributed by atoms with Gasteiger partial charge in [0.05, 0.1) is 0 Å². The van der Waals surface area contributed by atoms with Gasteiger partial charge in [-0.1, -0.05) is 18.2 Å². The molecule has 18 heavy (non-hydrogen) atoms. The molecule has 1 heterocycles. The summed E-state index contributed by atoms with van der Waals surface area (Å²) in [5, 5.41) is 9.33. The number of carboxylic acid groups (broad SMARTS) is 1. The molecule has 0 unspecified atom stereocenters. The van der Waals surface area contributed by atoms with Crippen molar-refractivity contribution in [3.63, 3.8) is 0 Å². The Hall–Kier alpha value is -1.56. The fourth-order valence-corrected chi connectivity index (χ4v) is 1.56. The van der Waals surface area contributed by atoms with Crippen LogP contribution in [0.25, 0.3) is 10.9 Å². The Balaban J connectivity index is 0.00000162. The van der Waals surface area contributed by atoms with Crippen molar-refractivity contribution in [2.45, 2.75) is 0 Å². The van der Waals surface area contributed by atoms with Crippen LogP contribution in [0.5, 0.6) is 0 Å². The van der Waals surface area contributed by atoms with Crippen LogP contribution in [-0.4, -0.2) is 51.4 Å². The van der Waals surface area contributed by atoms with Crippen LogP contribution < -0.4 is 5.73 Å². The van der Waals surface area contributed by atoms with E-state index in [-0.39, 0.29) is 29.6 Å². The van der Waals surface area contributed by atoms with Crippen LogP contribution in [0.3, 0.4) is 0 Å². The van der Waals surface area contributed by atoms with Gasteiger partial charge in [-0.15, -0.1) is 0 Å². The Morgan fingerprint density at radius 1 is 1.28 bits per heavy atom. The van der Waals surface area contributed by atoms with Gasteiger partial charge < -0.3 is 15.8 Å². The first kappa shape index (κ1) is 14.5. The van der Waals surface area contributed by atoms with Crippen LogP contribution in [0.1, 0.15) is 10.4 Å². The molecule has 4 N–H and O–H groups in total. The minimum absolute atomic E-state index is 0. The summed E-state index contributed by atoms with van der Waals surface area (Å²) in [4.78, 5) is 25.2. The predicted octanol–water partition coefficient (Wildman–Crippen LogP) is 0.629. The SMILES string of the molecule is NC(=CC(=O)c1c[nH]c2ccccc12)C(=O)O.[NaH]. The Morgan fingerprint density at radius 2 is 1.94 bits per heavy atom. The van der Waals surface area contributed by atoms with Crippen LogP contribution in [0.2, 0.25) is 0 Å². The Morgan fingerprint density at radius 3 is 2.61 bits per heavy atom. The zero-order valence-electron chi connectivity index (χ0n) is 8.81. The van der Waals surface area contributed by atoms with Crippen LogP contribution in [0.15, 0.2) is 42.2 Å². The number of aliphatic carboxylic acids is 1. The second-order valence-corrected chi connectivity index (χ2v) is 3.52. The summed E-state index contributed by atoms with van der Waals surface area (Å²) >= 11 is 0. The van der Waals surface area contributed by atoms with Gasteiger partial charge in [-0.2, -0.15) is 0 Å². The first-order chi connectivity index (χ1) is 8.09. The summed E-state index contributed by atoms with van der Waals surface area (Å²) in [6.07, 6.45) is 2.45. The molecule has 2 aromatic rings. The number of H-pyrrole nitrogens is 1. The molecule has 0 fully saturated rings. The van der Waals surface area contributed by atoms with Gasteiger partial charge in [0.1, 0.15) is 5.70 Å². The van der Waals surface area contributed by atoms with Crippen LogP contribution >= 0.6 is 0 Å². The number of hydrogen-bond acceptors (Lipinski definition) is 3. The predicted molar refractivity (Wildman–Crippen MR) is 69.7 cm³/mol. The van der Waals surface area contributed by atoms with Gasteiger partial charge in [-0.25, -0.2) is 4.79 Å². The number of hydrogen-bond donors (Lipinski definition) is 3. The molecule has 2 rings (SSSR count). The molecule has 5 nitrogen and oxygen atoms in total. The topological polar surface area (TPSA) is 96.2 Å². The number of benzene rings is 1. The Labute approximate surface area is 125 Å². The van der Waals surface area contributed by atoms with Crippen molar-refractivity contribution in [1.29, 1.82) is 0 Å². The van der Waals surface area contributed by atoms with Gasteiger partial charge in [0.25, 0.3) is 0 Å². The second-order valence-electron chi connectivity index (χ2n) is 3.52. The van der Waals surface area contributed by atoms with Crippen LogP contribution in [0, 0.1) is 0 Å². The molecule has 0 bridgehead atoms. The summed E-state index contributed by atoms with van der Waals surface area (Å²) < 4.78 is 0. The number of ketones is 1. The fraction of sp³-hybridized carbons (Fsp3) is 0. The zero-order valence-corrected chi connectivity index (χ0v) is 8.81. The van der Waals surface area contributed by atoms with Gasteiger partial charge >= 0.3 is 35.5 Å². The molecule has 0 aliphatic heterocycles. The average Bonchev–Trinajstić information content (AvgIpc) is 2.72. The number of nitrogens with one attached hydrogen (secondary N) is 1. The van der Waals surface area contributed by atoms with E-state index in [0.29, 0.717) is 5.56 Å². The molecule has 88 valence electrons. The quantitative estimate of drug-likeness (QED) is 0.425. The molecule has 0 atom stereocenters. The normalized spacial score (nSPS) is 11.0. The third-order valence-corrected chi connectivity index (χ3v) is 2.39. The number of nitrogens with two attached hydrogens (primary N) is 1. The number of carboxylic acids is 1. The third-order valence-electron chi connectivity index (χ3n) is 2.39. The molecular formula is C12H11N2NaO3. The molecule has 6 heteroatoms. The Kier molecular flexibility index (Phi) is 4.72. The molecule has 1 aromatic heterocycles. The summed E-state index contributed by atoms with van der Waals surface area (Å²) in [6, 6.07) is 7.26. The summed E-state index contributed by atoms with van der Waals surface area (Å²) in [5.41, 5.74) is 5.95. The number of rotatable bonds is 3. The van der Waals surface area contributed by atoms with Crippen molar-refractivity contribution in [2.75, 3.05) is 0 Å². The second kappa shape index (κ2) is 5.86. The van der Waals surface area contributed by atoms with Crippen molar-refractivity contribution in [1.82, 2.24) is 4.98 Å². The minimum atomic E-state index is -1.31. The van der Waals surface area contributed by atoms with Gasteiger partial charge in [-0.3, -0.25) is 4.79 Å². The van der Waals surface area contributed by atoms with Crippen molar-refractivity contribution in [2.24, 2.45) is 5.73 Å². The van der Waals surface area contributed by atoms with E-state index < -0.39 is 17.4 Å². The van der Waals surface area contributed by atoms with Crippen molar-refractivity contribution in [3.8, 4) is 0 Å². The number of fused-ring (bicyclic) bond motifs is 1. The fourth-order valence-electron chi connectivity index (χ4n) is 1.56. The van der Waals surface area contributed by atoms with Crippen molar-refractivity contribution < 1.29 is 14.7 Å². The summed E-state index contributed by atoms with van der Waals surface area (Å²) in [6.45, 7) is 0. The molecule has 0 saturated carbocycles. The van der Waals surface area contributed by atoms with E-state index in [1.165, 1.54) is 0 Å². The molecule has 0 amide bonds. The van der Waals surface area contributed by atoms with Crippen LogP contribution in [-0.2, 0) is 4.79 Å².